The van der Waals surface area contributed by atoms with Crippen LogP contribution in [0.5, 0.6) is 0 Å². The minimum atomic E-state index is 0.616. The Morgan fingerprint density at radius 2 is 0.909 bits per heavy atom. The third-order valence-corrected chi connectivity index (χ3v) is 10.9. The van der Waals surface area contributed by atoms with E-state index in [-0.39, 0.29) is 0 Å². The highest BCUT2D eigenvalue weighted by molar-refractivity contribution is 6.33. The average Bonchev–Trinajstić information content (AvgIpc) is 3.76. The highest BCUT2D eigenvalue weighted by Crippen LogP contribution is 2.51. The summed E-state index contributed by atoms with van der Waals surface area (Å²) in [7, 11) is 0. The van der Waals surface area contributed by atoms with Gasteiger partial charge in [-0.15, -0.1) is 0 Å². The summed E-state index contributed by atoms with van der Waals surface area (Å²) in [5.41, 5.74) is 11.9. The molecule has 6 nitrogen and oxygen atoms in total. The molecule has 0 spiro atoms. The molecule has 11 aromatic rings. The maximum atomic E-state index is 5.23. The second kappa shape index (κ2) is 11.5. The topological polar surface area (TPSA) is 69.4 Å². The fourth-order valence-corrected chi connectivity index (χ4v) is 8.51. The SMILES string of the molecule is c1ccc(-c2nc(-c3ccccc3)nc(-c3cccc(-n4c5ccc6ccccc6c5c5c6cccc7c6c(cc54)-c4nc5ccccc5nc4-7)c3)n2)cc1. The van der Waals surface area contributed by atoms with Crippen LogP contribution >= 0.6 is 0 Å². The van der Waals surface area contributed by atoms with E-state index < -0.39 is 0 Å². The van der Waals surface area contributed by atoms with Gasteiger partial charge < -0.3 is 4.57 Å². The first-order valence-electron chi connectivity index (χ1n) is 18.4. The first-order valence-corrected chi connectivity index (χ1v) is 18.4. The summed E-state index contributed by atoms with van der Waals surface area (Å²) in [5, 5.41) is 7.26. The van der Waals surface area contributed by atoms with Crippen LogP contribution in [-0.4, -0.2) is 29.5 Å². The Kier molecular flexibility index (Phi) is 6.24. The zero-order chi connectivity index (χ0) is 36.0. The van der Waals surface area contributed by atoms with Crippen LogP contribution in [-0.2, 0) is 0 Å². The summed E-state index contributed by atoms with van der Waals surface area (Å²) >= 11 is 0. The van der Waals surface area contributed by atoms with Crippen molar-refractivity contribution in [2.24, 2.45) is 0 Å². The smallest absolute Gasteiger partial charge is 0.164 e. The summed E-state index contributed by atoms with van der Waals surface area (Å²) in [6.45, 7) is 0. The molecule has 8 aromatic carbocycles. The van der Waals surface area contributed by atoms with Gasteiger partial charge in [0.15, 0.2) is 17.5 Å². The summed E-state index contributed by atoms with van der Waals surface area (Å²) in [6, 6.07) is 59.1. The van der Waals surface area contributed by atoms with Gasteiger partial charge in [0, 0.05) is 49.7 Å². The van der Waals surface area contributed by atoms with E-state index in [0.29, 0.717) is 17.5 Å². The monoisotopic (exact) mass is 700 g/mol. The van der Waals surface area contributed by atoms with Crippen LogP contribution in [0.4, 0.5) is 0 Å². The zero-order valence-corrected chi connectivity index (χ0v) is 29.3. The highest BCUT2D eigenvalue weighted by atomic mass is 15.0. The van der Waals surface area contributed by atoms with E-state index in [2.05, 4.69) is 89.5 Å². The van der Waals surface area contributed by atoms with E-state index in [9.17, 15) is 0 Å². The Morgan fingerprint density at radius 1 is 0.345 bits per heavy atom. The Balaban J connectivity index is 1.15. The first kappa shape index (κ1) is 29.9. The maximum Gasteiger partial charge on any atom is 0.164 e. The van der Waals surface area contributed by atoms with Crippen LogP contribution in [0.1, 0.15) is 0 Å². The summed E-state index contributed by atoms with van der Waals surface area (Å²) < 4.78 is 2.40. The number of hydrogen-bond donors (Lipinski definition) is 0. The minimum absolute atomic E-state index is 0.616. The third kappa shape index (κ3) is 4.46. The largest absolute Gasteiger partial charge is 0.309 e. The molecule has 0 saturated carbocycles. The van der Waals surface area contributed by atoms with Crippen molar-refractivity contribution in [2.75, 3.05) is 0 Å². The molecule has 55 heavy (non-hydrogen) atoms. The van der Waals surface area contributed by atoms with Gasteiger partial charge >= 0.3 is 0 Å². The van der Waals surface area contributed by atoms with Gasteiger partial charge in [-0.3, -0.25) is 0 Å². The van der Waals surface area contributed by atoms with Gasteiger partial charge in [-0.1, -0.05) is 133 Å². The van der Waals surface area contributed by atoms with Gasteiger partial charge in [-0.05, 0) is 52.6 Å². The predicted molar refractivity (Wildman–Crippen MR) is 223 cm³/mol. The van der Waals surface area contributed by atoms with Gasteiger partial charge in [0.25, 0.3) is 0 Å². The molecule has 0 bridgehead atoms. The Labute approximate surface area is 315 Å². The lowest BCUT2D eigenvalue weighted by Gasteiger charge is -2.12. The molecule has 0 aliphatic heterocycles. The van der Waals surface area contributed by atoms with Crippen LogP contribution in [0, 0.1) is 0 Å². The van der Waals surface area contributed by atoms with E-state index in [1.54, 1.807) is 0 Å². The standard InChI is InChI=1S/C49H28N6/c1-3-14-30(15-4-1)47-52-48(31-16-5-2-6-17-31)54-49(53-47)32-18-11-19-33(27-32)55-40-26-25-29-13-7-8-20-34(29)43(40)44-35-21-12-22-36-42(35)37(28-41(44)55)46-45(36)50-38-23-9-10-24-39(38)51-46/h1-28H. The molecule has 0 atom stereocenters. The summed E-state index contributed by atoms with van der Waals surface area (Å²) in [4.78, 5) is 25.5. The van der Waals surface area contributed by atoms with Crippen molar-refractivity contribution < 1.29 is 0 Å². The number of para-hydroxylation sites is 2. The molecule has 1 aliphatic rings. The fourth-order valence-electron chi connectivity index (χ4n) is 8.51. The molecule has 254 valence electrons. The molecule has 0 unspecified atom stereocenters. The molecule has 0 saturated heterocycles. The minimum Gasteiger partial charge on any atom is -0.309 e. The highest BCUT2D eigenvalue weighted by Gasteiger charge is 2.29. The normalized spacial score (nSPS) is 12.0. The van der Waals surface area contributed by atoms with Crippen LogP contribution in [0.3, 0.4) is 0 Å². The number of benzene rings is 8. The van der Waals surface area contributed by atoms with Gasteiger partial charge in [0.2, 0.25) is 0 Å². The van der Waals surface area contributed by atoms with Gasteiger partial charge in [-0.2, -0.15) is 0 Å². The molecule has 0 N–H and O–H groups in total. The van der Waals surface area contributed by atoms with E-state index >= 15 is 0 Å². The van der Waals surface area contributed by atoms with E-state index in [1.807, 2.05) is 84.9 Å². The number of rotatable bonds is 4. The Morgan fingerprint density at radius 3 is 1.64 bits per heavy atom. The van der Waals surface area contributed by atoms with E-state index in [4.69, 9.17) is 24.9 Å². The van der Waals surface area contributed by atoms with E-state index in [1.165, 1.54) is 32.3 Å². The number of aromatic nitrogens is 6. The van der Waals surface area contributed by atoms with Gasteiger partial charge in [0.1, 0.15) is 0 Å². The molecule has 6 heteroatoms. The molecule has 3 heterocycles. The molecule has 3 aromatic heterocycles. The predicted octanol–water partition coefficient (Wildman–Crippen LogP) is 11.9. The van der Waals surface area contributed by atoms with Crippen molar-refractivity contribution in [3.05, 3.63) is 170 Å². The van der Waals surface area contributed by atoms with Crippen LogP contribution in [0.15, 0.2) is 170 Å². The van der Waals surface area contributed by atoms with Crippen molar-refractivity contribution in [1.29, 1.82) is 0 Å². The van der Waals surface area contributed by atoms with Crippen molar-refractivity contribution in [3.63, 3.8) is 0 Å². The van der Waals surface area contributed by atoms with Gasteiger partial charge in [-0.25, -0.2) is 24.9 Å². The molecular weight excluding hydrogens is 673 g/mol. The Hall–Kier alpha value is -7.57. The van der Waals surface area contributed by atoms with Crippen LogP contribution in [0.2, 0.25) is 0 Å². The van der Waals surface area contributed by atoms with Crippen molar-refractivity contribution in [3.8, 4) is 62.4 Å². The lowest BCUT2D eigenvalue weighted by Crippen LogP contribution is -2.01. The van der Waals surface area contributed by atoms with Crippen molar-refractivity contribution in [1.82, 2.24) is 29.5 Å². The summed E-state index contributed by atoms with van der Waals surface area (Å²) in [5.74, 6) is 1.89. The lowest BCUT2D eigenvalue weighted by atomic mass is 9.97. The molecular formula is C49H28N6. The number of fused-ring (bicyclic) bond motifs is 10. The van der Waals surface area contributed by atoms with Crippen LogP contribution < -0.4 is 0 Å². The molecule has 12 rings (SSSR count). The fraction of sp³-hybridized carbons (Fsp3) is 0. The second-order valence-corrected chi connectivity index (χ2v) is 14.1. The molecule has 1 aliphatic carbocycles. The average molecular weight is 701 g/mol. The Bertz CT molecular complexity index is 3310. The van der Waals surface area contributed by atoms with E-state index in [0.717, 1.165) is 67.0 Å². The molecule has 0 amide bonds. The zero-order valence-electron chi connectivity index (χ0n) is 29.3. The third-order valence-electron chi connectivity index (χ3n) is 10.9. The van der Waals surface area contributed by atoms with Crippen molar-refractivity contribution >= 4 is 54.4 Å². The first-order chi connectivity index (χ1) is 27.3. The quantitative estimate of drug-likeness (QED) is 0.183. The van der Waals surface area contributed by atoms with Gasteiger partial charge in [0.05, 0.1) is 33.5 Å². The van der Waals surface area contributed by atoms with Crippen LogP contribution in [0.25, 0.3) is 117 Å². The number of hydrogen-bond acceptors (Lipinski definition) is 5. The molecule has 0 fully saturated rings. The summed E-state index contributed by atoms with van der Waals surface area (Å²) in [6.07, 6.45) is 0. The van der Waals surface area contributed by atoms with Crippen molar-refractivity contribution in [2.45, 2.75) is 0 Å². The maximum absolute atomic E-state index is 5.23. The molecule has 0 radical (unpaired) electrons. The number of nitrogens with zero attached hydrogens (tertiary/aromatic N) is 6. The lowest BCUT2D eigenvalue weighted by molar-refractivity contribution is 1.07. The second-order valence-electron chi connectivity index (χ2n) is 14.1.